The number of methoxy groups -OCH3 is 1. The quantitative estimate of drug-likeness (QED) is 0.598. The molecular weight excluding hydrogens is 256 g/mol. The average Bonchev–Trinajstić information content (AvgIpc) is 2.53. The van der Waals surface area contributed by atoms with Crippen molar-refractivity contribution < 1.29 is 4.74 Å². The highest BCUT2D eigenvalue weighted by Gasteiger charge is 2.04. The van der Waals surface area contributed by atoms with Crippen LogP contribution < -0.4 is 4.74 Å². The number of hydrogen-bond donors (Lipinski definition) is 0. The highest BCUT2D eigenvalue weighted by Crippen LogP contribution is 2.18. The molecule has 0 spiro atoms. The summed E-state index contributed by atoms with van der Waals surface area (Å²) < 4.78 is 5.20. The fourth-order valence-electron chi connectivity index (χ4n) is 2.73. The Kier molecular flexibility index (Phi) is 6.33. The Morgan fingerprint density at radius 3 is 2.24 bits per heavy atom. The Labute approximate surface area is 129 Å². The monoisotopic (exact) mass is 282 g/mol. The first-order valence-corrected chi connectivity index (χ1v) is 7.95. The first kappa shape index (κ1) is 15.6. The fraction of sp³-hybridized carbons (Fsp3) is 0.400. The van der Waals surface area contributed by atoms with Crippen molar-refractivity contribution >= 4 is 0 Å². The molecule has 0 aliphatic heterocycles. The summed E-state index contributed by atoms with van der Waals surface area (Å²) in [6.45, 7) is 2.35. The van der Waals surface area contributed by atoms with Gasteiger partial charge in [-0.15, -0.1) is 0 Å². The molecule has 0 bridgehead atoms. The van der Waals surface area contributed by atoms with Crippen LogP contribution in [0, 0.1) is 5.92 Å². The Balaban J connectivity index is 1.66. The van der Waals surface area contributed by atoms with Crippen LogP contribution in [0.3, 0.4) is 0 Å². The first-order chi connectivity index (χ1) is 10.3. The summed E-state index contributed by atoms with van der Waals surface area (Å²) >= 11 is 0. The summed E-state index contributed by atoms with van der Waals surface area (Å²) in [5, 5.41) is 0. The van der Waals surface area contributed by atoms with Crippen molar-refractivity contribution in [2.75, 3.05) is 7.11 Å². The molecule has 0 aromatic heterocycles. The highest BCUT2D eigenvalue weighted by atomic mass is 16.5. The summed E-state index contributed by atoms with van der Waals surface area (Å²) in [6.07, 6.45) is 6.27. The standard InChI is InChI=1S/C20H26O/c1-17(16-19-12-14-20(21-2)15-13-19)8-6-7-11-18-9-4-3-5-10-18/h3-5,9-10,12-15,17H,6-8,11,16H2,1-2H3/t17-/m0/s1. The van der Waals surface area contributed by atoms with Gasteiger partial charge in [-0.2, -0.15) is 0 Å². The minimum Gasteiger partial charge on any atom is -0.497 e. The van der Waals surface area contributed by atoms with E-state index in [0.29, 0.717) is 0 Å². The van der Waals surface area contributed by atoms with E-state index in [1.54, 1.807) is 7.11 Å². The molecule has 2 aromatic carbocycles. The summed E-state index contributed by atoms with van der Waals surface area (Å²) in [5.41, 5.74) is 2.87. The third-order valence-electron chi connectivity index (χ3n) is 4.00. The molecule has 0 amide bonds. The van der Waals surface area contributed by atoms with Gasteiger partial charge in [-0.1, -0.05) is 62.2 Å². The van der Waals surface area contributed by atoms with Gasteiger partial charge in [0.2, 0.25) is 0 Å². The molecule has 0 unspecified atom stereocenters. The van der Waals surface area contributed by atoms with E-state index in [4.69, 9.17) is 4.74 Å². The van der Waals surface area contributed by atoms with Gasteiger partial charge in [0.25, 0.3) is 0 Å². The van der Waals surface area contributed by atoms with Gasteiger partial charge in [-0.3, -0.25) is 0 Å². The van der Waals surface area contributed by atoms with Crippen LogP contribution in [0.5, 0.6) is 5.75 Å². The molecular formula is C20H26O. The Hall–Kier alpha value is -1.76. The van der Waals surface area contributed by atoms with Gasteiger partial charge in [-0.25, -0.2) is 0 Å². The third kappa shape index (κ3) is 5.63. The van der Waals surface area contributed by atoms with Crippen molar-refractivity contribution in [2.45, 2.75) is 39.0 Å². The van der Waals surface area contributed by atoms with Gasteiger partial charge < -0.3 is 4.74 Å². The van der Waals surface area contributed by atoms with Crippen LogP contribution in [0.25, 0.3) is 0 Å². The van der Waals surface area contributed by atoms with E-state index in [1.807, 2.05) is 0 Å². The third-order valence-corrected chi connectivity index (χ3v) is 4.00. The second-order valence-electron chi connectivity index (χ2n) is 5.89. The van der Waals surface area contributed by atoms with Crippen LogP contribution in [-0.4, -0.2) is 7.11 Å². The van der Waals surface area contributed by atoms with Gasteiger partial charge in [0.15, 0.2) is 0 Å². The SMILES string of the molecule is COc1ccc(C[C@@H](C)CCCCc2ccccc2)cc1. The Morgan fingerprint density at radius 1 is 0.857 bits per heavy atom. The van der Waals surface area contributed by atoms with Crippen LogP contribution in [0.15, 0.2) is 54.6 Å². The maximum Gasteiger partial charge on any atom is 0.118 e. The number of benzene rings is 2. The van der Waals surface area contributed by atoms with Gasteiger partial charge in [0, 0.05) is 0 Å². The number of ether oxygens (including phenoxy) is 1. The topological polar surface area (TPSA) is 9.23 Å². The zero-order valence-electron chi connectivity index (χ0n) is 13.2. The van der Waals surface area contributed by atoms with E-state index in [-0.39, 0.29) is 0 Å². The molecule has 1 atom stereocenters. The van der Waals surface area contributed by atoms with Crippen molar-refractivity contribution in [3.05, 3.63) is 65.7 Å². The fourth-order valence-corrected chi connectivity index (χ4v) is 2.73. The predicted molar refractivity (Wildman–Crippen MR) is 89.9 cm³/mol. The molecule has 0 aliphatic carbocycles. The van der Waals surface area contributed by atoms with E-state index in [2.05, 4.69) is 61.5 Å². The van der Waals surface area contributed by atoms with Crippen molar-refractivity contribution in [3.8, 4) is 5.75 Å². The van der Waals surface area contributed by atoms with Gasteiger partial charge in [-0.05, 0) is 48.4 Å². The molecule has 0 aliphatic rings. The summed E-state index contributed by atoms with van der Waals surface area (Å²) in [7, 11) is 1.71. The molecule has 1 heteroatoms. The minimum absolute atomic E-state index is 0.745. The average molecular weight is 282 g/mol. The zero-order valence-corrected chi connectivity index (χ0v) is 13.2. The lowest BCUT2D eigenvalue weighted by molar-refractivity contribution is 0.414. The van der Waals surface area contributed by atoms with E-state index in [9.17, 15) is 0 Å². The van der Waals surface area contributed by atoms with E-state index >= 15 is 0 Å². The van der Waals surface area contributed by atoms with Crippen LogP contribution >= 0.6 is 0 Å². The predicted octanol–water partition coefficient (Wildman–Crippen LogP) is 5.29. The maximum absolute atomic E-state index is 5.20. The summed E-state index contributed by atoms with van der Waals surface area (Å²) in [6, 6.07) is 19.2. The number of unbranched alkanes of at least 4 members (excludes halogenated alkanes) is 1. The molecule has 0 fully saturated rings. The second-order valence-corrected chi connectivity index (χ2v) is 5.89. The van der Waals surface area contributed by atoms with Crippen LogP contribution in [0.2, 0.25) is 0 Å². The summed E-state index contributed by atoms with van der Waals surface area (Å²) in [5.74, 6) is 1.68. The Bertz CT molecular complexity index is 501. The largest absolute Gasteiger partial charge is 0.497 e. The molecule has 0 N–H and O–H groups in total. The van der Waals surface area contributed by atoms with E-state index in [1.165, 1.54) is 36.8 Å². The maximum atomic E-state index is 5.20. The molecule has 0 radical (unpaired) electrons. The molecule has 0 saturated heterocycles. The molecule has 0 heterocycles. The van der Waals surface area contributed by atoms with Gasteiger partial charge in [0.1, 0.15) is 5.75 Å². The number of aryl methyl sites for hydroxylation is 1. The number of hydrogen-bond acceptors (Lipinski definition) is 1. The van der Waals surface area contributed by atoms with Crippen LogP contribution in [-0.2, 0) is 12.8 Å². The van der Waals surface area contributed by atoms with Crippen molar-refractivity contribution in [1.82, 2.24) is 0 Å². The van der Waals surface area contributed by atoms with Crippen molar-refractivity contribution in [3.63, 3.8) is 0 Å². The van der Waals surface area contributed by atoms with Crippen LogP contribution in [0.4, 0.5) is 0 Å². The van der Waals surface area contributed by atoms with Crippen molar-refractivity contribution in [2.24, 2.45) is 5.92 Å². The van der Waals surface area contributed by atoms with Crippen LogP contribution in [0.1, 0.15) is 37.3 Å². The number of rotatable bonds is 8. The molecule has 0 saturated carbocycles. The molecule has 112 valence electrons. The first-order valence-electron chi connectivity index (χ1n) is 7.95. The smallest absolute Gasteiger partial charge is 0.118 e. The van der Waals surface area contributed by atoms with E-state index in [0.717, 1.165) is 18.1 Å². The molecule has 2 aromatic rings. The van der Waals surface area contributed by atoms with Gasteiger partial charge >= 0.3 is 0 Å². The lowest BCUT2D eigenvalue weighted by Gasteiger charge is -2.12. The second kappa shape index (κ2) is 8.51. The normalized spacial score (nSPS) is 12.1. The molecule has 2 rings (SSSR count). The lowest BCUT2D eigenvalue weighted by Crippen LogP contribution is -2.00. The Morgan fingerprint density at radius 2 is 1.57 bits per heavy atom. The highest BCUT2D eigenvalue weighted by molar-refractivity contribution is 5.27. The lowest BCUT2D eigenvalue weighted by atomic mass is 9.95. The summed E-state index contributed by atoms with van der Waals surface area (Å²) in [4.78, 5) is 0. The van der Waals surface area contributed by atoms with Crippen molar-refractivity contribution in [1.29, 1.82) is 0 Å². The van der Waals surface area contributed by atoms with Gasteiger partial charge in [0.05, 0.1) is 7.11 Å². The molecule has 21 heavy (non-hydrogen) atoms. The minimum atomic E-state index is 0.745. The molecule has 1 nitrogen and oxygen atoms in total. The zero-order chi connectivity index (χ0) is 14.9. The van der Waals surface area contributed by atoms with E-state index < -0.39 is 0 Å².